The highest BCUT2D eigenvalue weighted by atomic mass is 16.7. The Balaban J connectivity index is 3.70. The molecule has 4 heteroatoms. The molecule has 0 heterocycles. The molecule has 84 valence electrons. The molecular weight excluding hydrogens is 184 g/mol. The van der Waals surface area contributed by atoms with Crippen LogP contribution in [0.2, 0.25) is 0 Å². The van der Waals surface area contributed by atoms with Crippen LogP contribution in [0.25, 0.3) is 0 Å². The molecule has 0 saturated carbocycles. The number of ether oxygens (including phenoxy) is 3. The minimum absolute atomic E-state index is 0.383. The van der Waals surface area contributed by atoms with Gasteiger partial charge in [-0.3, -0.25) is 0 Å². The van der Waals surface area contributed by atoms with Crippen molar-refractivity contribution in [2.24, 2.45) is 5.92 Å². The fourth-order valence-corrected chi connectivity index (χ4v) is 0.876. The Morgan fingerprint density at radius 2 is 1.79 bits per heavy atom. The third kappa shape index (κ3) is 5.94. The molecule has 0 radical (unpaired) electrons. The predicted molar refractivity (Wildman–Crippen MR) is 52.8 cm³/mol. The van der Waals surface area contributed by atoms with Gasteiger partial charge in [0.1, 0.15) is 0 Å². The highest BCUT2D eigenvalue weighted by Gasteiger charge is 2.17. The molecule has 0 N–H and O–H groups in total. The average molecular weight is 204 g/mol. The van der Waals surface area contributed by atoms with Crippen LogP contribution in [0.15, 0.2) is 0 Å². The molecule has 0 aliphatic carbocycles. The zero-order chi connectivity index (χ0) is 11.1. The van der Waals surface area contributed by atoms with Crippen LogP contribution in [-0.4, -0.2) is 32.1 Å². The molecule has 0 saturated heterocycles. The summed E-state index contributed by atoms with van der Waals surface area (Å²) in [5.41, 5.74) is 0. The Labute approximate surface area is 85.5 Å². The standard InChI is InChI=1S/C10H20O4/c1-7(2)6-13-9(4)14-8(3)10(11)12-5/h7-9H,6H2,1-5H3/t8?,9-/m1/s1. The summed E-state index contributed by atoms with van der Waals surface area (Å²) in [6.45, 7) is 8.13. The number of esters is 1. The van der Waals surface area contributed by atoms with Crippen LogP contribution in [0, 0.1) is 5.92 Å². The molecule has 14 heavy (non-hydrogen) atoms. The van der Waals surface area contributed by atoms with Crippen LogP contribution in [0.5, 0.6) is 0 Å². The zero-order valence-corrected chi connectivity index (χ0v) is 9.57. The van der Waals surface area contributed by atoms with E-state index in [-0.39, 0.29) is 12.3 Å². The molecule has 0 aliphatic rings. The van der Waals surface area contributed by atoms with Gasteiger partial charge in [0.15, 0.2) is 12.4 Å². The van der Waals surface area contributed by atoms with E-state index in [1.165, 1.54) is 7.11 Å². The molecule has 4 nitrogen and oxygen atoms in total. The number of rotatable bonds is 6. The molecule has 1 unspecified atom stereocenters. The Morgan fingerprint density at radius 3 is 2.21 bits per heavy atom. The quantitative estimate of drug-likeness (QED) is 0.487. The maximum atomic E-state index is 11.0. The van der Waals surface area contributed by atoms with Crippen LogP contribution in [0.3, 0.4) is 0 Å². The third-order valence-electron chi connectivity index (χ3n) is 1.59. The topological polar surface area (TPSA) is 44.8 Å². The van der Waals surface area contributed by atoms with Crippen LogP contribution in [-0.2, 0) is 19.0 Å². The number of hydrogen-bond acceptors (Lipinski definition) is 4. The van der Waals surface area contributed by atoms with Gasteiger partial charge in [-0.15, -0.1) is 0 Å². The highest BCUT2D eigenvalue weighted by Crippen LogP contribution is 2.03. The first-order valence-corrected chi connectivity index (χ1v) is 4.82. The maximum Gasteiger partial charge on any atom is 0.334 e. The normalized spacial score (nSPS) is 15.3. The van der Waals surface area contributed by atoms with Gasteiger partial charge in [-0.25, -0.2) is 4.79 Å². The average Bonchev–Trinajstić information content (AvgIpc) is 2.13. The van der Waals surface area contributed by atoms with Crippen molar-refractivity contribution in [2.45, 2.75) is 40.1 Å². The van der Waals surface area contributed by atoms with Crippen LogP contribution >= 0.6 is 0 Å². The number of carbonyl (C=O) groups is 1. The lowest BCUT2D eigenvalue weighted by Crippen LogP contribution is -2.28. The van der Waals surface area contributed by atoms with Gasteiger partial charge in [0.25, 0.3) is 0 Å². The van der Waals surface area contributed by atoms with Crippen molar-refractivity contribution < 1.29 is 19.0 Å². The van der Waals surface area contributed by atoms with E-state index in [2.05, 4.69) is 18.6 Å². The largest absolute Gasteiger partial charge is 0.467 e. The van der Waals surface area contributed by atoms with E-state index in [9.17, 15) is 4.79 Å². The Kier molecular flexibility index (Phi) is 6.49. The monoisotopic (exact) mass is 204 g/mol. The molecule has 0 aliphatic heterocycles. The van der Waals surface area contributed by atoms with Crippen LogP contribution in [0.4, 0.5) is 0 Å². The molecule has 0 rings (SSSR count). The van der Waals surface area contributed by atoms with Gasteiger partial charge in [0.05, 0.1) is 13.7 Å². The summed E-state index contributed by atoms with van der Waals surface area (Å²) in [6, 6.07) is 0. The fraction of sp³-hybridized carbons (Fsp3) is 0.900. The maximum absolute atomic E-state index is 11.0. The van der Waals surface area contributed by atoms with Gasteiger partial charge in [-0.2, -0.15) is 0 Å². The molecule has 0 aromatic carbocycles. The lowest BCUT2D eigenvalue weighted by Gasteiger charge is -2.18. The molecular formula is C10H20O4. The van der Waals surface area contributed by atoms with Gasteiger partial charge in [-0.05, 0) is 19.8 Å². The van der Waals surface area contributed by atoms with Crippen molar-refractivity contribution in [1.82, 2.24) is 0 Å². The van der Waals surface area contributed by atoms with Gasteiger partial charge in [0.2, 0.25) is 0 Å². The van der Waals surface area contributed by atoms with Crippen molar-refractivity contribution in [3.8, 4) is 0 Å². The smallest absolute Gasteiger partial charge is 0.334 e. The second-order valence-electron chi connectivity index (χ2n) is 3.60. The van der Waals surface area contributed by atoms with Crippen molar-refractivity contribution in [1.29, 1.82) is 0 Å². The Hall–Kier alpha value is -0.610. The van der Waals surface area contributed by atoms with Crippen molar-refractivity contribution in [2.75, 3.05) is 13.7 Å². The molecule has 0 aromatic rings. The van der Waals surface area contributed by atoms with E-state index in [0.717, 1.165) is 0 Å². The molecule has 0 amide bonds. The van der Waals surface area contributed by atoms with Crippen molar-refractivity contribution in [3.05, 3.63) is 0 Å². The summed E-state index contributed by atoms with van der Waals surface area (Å²) in [7, 11) is 1.34. The lowest BCUT2D eigenvalue weighted by molar-refractivity contribution is -0.185. The first-order valence-electron chi connectivity index (χ1n) is 4.82. The second kappa shape index (κ2) is 6.79. The van der Waals surface area contributed by atoms with Crippen LogP contribution < -0.4 is 0 Å². The number of hydrogen-bond donors (Lipinski definition) is 0. The zero-order valence-electron chi connectivity index (χ0n) is 9.57. The van der Waals surface area contributed by atoms with Gasteiger partial charge >= 0.3 is 5.97 Å². The molecule has 0 aromatic heterocycles. The SMILES string of the molecule is COC(=O)C(C)O[C@H](C)OCC(C)C. The fourth-order valence-electron chi connectivity index (χ4n) is 0.876. The number of methoxy groups -OCH3 is 1. The summed E-state index contributed by atoms with van der Waals surface area (Å²) < 4.78 is 15.1. The van der Waals surface area contributed by atoms with Crippen molar-refractivity contribution >= 4 is 5.97 Å². The minimum atomic E-state index is -0.581. The number of carbonyl (C=O) groups excluding carboxylic acids is 1. The predicted octanol–water partition coefficient (Wildman–Crippen LogP) is 1.58. The molecule has 0 spiro atoms. The first kappa shape index (κ1) is 13.4. The molecule has 0 fully saturated rings. The van der Waals surface area contributed by atoms with Gasteiger partial charge in [0, 0.05) is 0 Å². The first-order chi connectivity index (χ1) is 6.47. The summed E-state index contributed by atoms with van der Waals surface area (Å²) in [5, 5.41) is 0. The summed E-state index contributed by atoms with van der Waals surface area (Å²) >= 11 is 0. The van der Waals surface area contributed by atoms with E-state index in [4.69, 9.17) is 9.47 Å². The van der Waals surface area contributed by atoms with E-state index >= 15 is 0 Å². The van der Waals surface area contributed by atoms with E-state index in [1.54, 1.807) is 13.8 Å². The van der Waals surface area contributed by atoms with Gasteiger partial charge < -0.3 is 14.2 Å². The second-order valence-corrected chi connectivity index (χ2v) is 3.60. The Bertz CT molecular complexity index is 168. The summed E-state index contributed by atoms with van der Waals surface area (Å²) in [6.07, 6.45) is -0.964. The van der Waals surface area contributed by atoms with Gasteiger partial charge in [-0.1, -0.05) is 13.8 Å². The molecule has 0 bridgehead atoms. The summed E-state index contributed by atoms with van der Waals surface area (Å²) in [4.78, 5) is 11.0. The highest BCUT2D eigenvalue weighted by molar-refractivity contribution is 5.73. The van der Waals surface area contributed by atoms with Crippen molar-refractivity contribution in [3.63, 3.8) is 0 Å². The minimum Gasteiger partial charge on any atom is -0.467 e. The van der Waals surface area contributed by atoms with E-state index in [0.29, 0.717) is 12.5 Å². The van der Waals surface area contributed by atoms with E-state index in [1.807, 2.05) is 0 Å². The Morgan fingerprint density at radius 1 is 1.21 bits per heavy atom. The van der Waals surface area contributed by atoms with E-state index < -0.39 is 6.10 Å². The lowest BCUT2D eigenvalue weighted by atomic mass is 10.2. The third-order valence-corrected chi connectivity index (χ3v) is 1.59. The molecule has 2 atom stereocenters. The summed E-state index contributed by atoms with van der Waals surface area (Å²) in [5.74, 6) is 0.0690. The van der Waals surface area contributed by atoms with Crippen LogP contribution in [0.1, 0.15) is 27.7 Å².